The molecule has 1 aromatic carbocycles. The number of hydrogen-bond acceptors (Lipinski definition) is 5. The number of carboxylic acids is 1. The van der Waals surface area contributed by atoms with Gasteiger partial charge in [-0.1, -0.05) is 42.3 Å². The van der Waals surface area contributed by atoms with E-state index in [1.165, 1.54) is 4.57 Å². The van der Waals surface area contributed by atoms with Crippen LogP contribution < -0.4 is 9.61 Å². The Bertz CT molecular complexity index is 1040. The number of halogens is 1. The van der Waals surface area contributed by atoms with Crippen LogP contribution in [0.25, 0.3) is 10.2 Å². The van der Waals surface area contributed by atoms with Crippen molar-refractivity contribution < 1.29 is 14.6 Å². The smallest absolute Gasteiger partial charge is 0.308 e. The number of hydrogen-bond donors (Lipinski definition) is 1. The molecule has 2 aromatic heterocycles. The zero-order valence-corrected chi connectivity index (χ0v) is 17.2. The Hall–Kier alpha value is -2.38. The van der Waals surface area contributed by atoms with Crippen LogP contribution in [0.3, 0.4) is 0 Å². The normalized spacial score (nSPS) is 12.2. The van der Waals surface area contributed by atoms with Gasteiger partial charge in [-0.25, -0.2) is 0 Å². The number of nitrogens with zero attached hydrogens (tertiary/aromatic N) is 2. The Labute approximate surface area is 171 Å². The maximum atomic E-state index is 12.2. The molecule has 1 N–H and O–H groups in total. The number of ether oxygens (including phenoxy) is 1. The van der Waals surface area contributed by atoms with Gasteiger partial charge in [0.25, 0.3) is 0 Å². The average molecular weight is 421 g/mol. The molecule has 0 unspecified atom stereocenters. The second kappa shape index (κ2) is 8.75. The maximum Gasteiger partial charge on any atom is 0.308 e. The lowest BCUT2D eigenvalue weighted by Gasteiger charge is -2.19. The highest BCUT2D eigenvalue weighted by Gasteiger charge is 2.18. The first-order valence-electron chi connectivity index (χ1n) is 9.03. The highest BCUT2D eigenvalue weighted by Crippen LogP contribution is 2.35. The molecule has 0 spiro atoms. The maximum absolute atomic E-state index is 12.2. The van der Waals surface area contributed by atoms with Crippen molar-refractivity contribution in [1.29, 1.82) is 0 Å². The molecule has 0 radical (unpaired) electrons. The molecule has 3 rings (SSSR count). The van der Waals surface area contributed by atoms with Crippen LogP contribution in [0.4, 0.5) is 0 Å². The number of pyridine rings is 1. The van der Waals surface area contributed by atoms with Crippen LogP contribution in [0.15, 0.2) is 35.3 Å². The fourth-order valence-electron chi connectivity index (χ4n) is 2.93. The van der Waals surface area contributed by atoms with Gasteiger partial charge in [-0.2, -0.15) is 0 Å². The first-order valence-corrected chi connectivity index (χ1v) is 10.2. The molecule has 148 valence electrons. The summed E-state index contributed by atoms with van der Waals surface area (Å²) < 4.78 is 8.32. The summed E-state index contributed by atoms with van der Waals surface area (Å²) in [5, 5.41) is 9.26. The summed E-state index contributed by atoms with van der Waals surface area (Å²) in [5.74, 6) is -0.466. The third kappa shape index (κ3) is 4.54. The fourth-order valence-corrected chi connectivity index (χ4v) is 4.06. The summed E-state index contributed by atoms with van der Waals surface area (Å²) in [4.78, 5) is 27.3. The fraction of sp³-hybridized carbons (Fsp3) is 0.350. The molecule has 28 heavy (non-hydrogen) atoms. The summed E-state index contributed by atoms with van der Waals surface area (Å²) in [7, 11) is 0. The van der Waals surface area contributed by atoms with Crippen LogP contribution in [0.2, 0.25) is 5.02 Å². The number of fused-ring (bicyclic) bond motifs is 1. The molecule has 8 heteroatoms. The quantitative estimate of drug-likeness (QED) is 0.565. The van der Waals surface area contributed by atoms with Gasteiger partial charge in [0.15, 0.2) is 0 Å². The standard InChI is InChI=1S/C20H21ClN2O4S/c1-3-4-16(14-6-5-12(2)11-22-14)27-17-10-18-15(9-13(17)21)23(20(26)28-18)8-7-19(24)25/h5-6,9-11,16H,3-4,7-8H2,1-2H3,(H,24,25)/t16-/m0/s1. The predicted molar refractivity (Wildman–Crippen MR) is 111 cm³/mol. The molecular formula is C20H21ClN2O4S. The molecule has 0 aliphatic carbocycles. The molecule has 0 saturated heterocycles. The van der Waals surface area contributed by atoms with E-state index in [1.54, 1.807) is 18.3 Å². The minimum Gasteiger partial charge on any atom is -0.483 e. The monoisotopic (exact) mass is 420 g/mol. The van der Waals surface area contributed by atoms with E-state index in [0.717, 1.165) is 35.4 Å². The van der Waals surface area contributed by atoms with E-state index < -0.39 is 5.97 Å². The number of aryl methyl sites for hydroxylation is 2. The van der Waals surface area contributed by atoms with Crippen LogP contribution in [0.5, 0.6) is 5.75 Å². The lowest BCUT2D eigenvalue weighted by molar-refractivity contribution is -0.137. The second-order valence-electron chi connectivity index (χ2n) is 6.57. The van der Waals surface area contributed by atoms with Crippen LogP contribution >= 0.6 is 22.9 Å². The molecule has 6 nitrogen and oxygen atoms in total. The molecule has 0 amide bonds. The van der Waals surface area contributed by atoms with Crippen molar-refractivity contribution in [3.05, 3.63) is 56.4 Å². The van der Waals surface area contributed by atoms with Gasteiger partial charge < -0.3 is 9.84 Å². The van der Waals surface area contributed by atoms with Crippen molar-refractivity contribution >= 4 is 39.1 Å². The summed E-state index contributed by atoms with van der Waals surface area (Å²) in [6, 6.07) is 7.35. The van der Waals surface area contributed by atoms with Crippen LogP contribution in [0.1, 0.15) is 43.5 Å². The number of aliphatic carboxylic acids is 1. The summed E-state index contributed by atoms with van der Waals surface area (Å²) >= 11 is 7.48. The molecule has 2 heterocycles. The van der Waals surface area contributed by atoms with E-state index in [-0.39, 0.29) is 23.9 Å². The number of aromatic nitrogens is 2. The van der Waals surface area contributed by atoms with E-state index >= 15 is 0 Å². The van der Waals surface area contributed by atoms with E-state index in [0.29, 0.717) is 21.0 Å². The van der Waals surface area contributed by atoms with Crippen molar-refractivity contribution in [2.24, 2.45) is 0 Å². The molecule has 0 fully saturated rings. The first kappa shape index (κ1) is 20.4. The van der Waals surface area contributed by atoms with Gasteiger partial charge in [0.2, 0.25) is 0 Å². The third-order valence-corrected chi connectivity index (χ3v) is 5.59. The number of thiazole rings is 1. The summed E-state index contributed by atoms with van der Waals surface area (Å²) in [6.07, 6.45) is 3.13. The van der Waals surface area contributed by atoms with E-state index in [4.69, 9.17) is 21.4 Å². The highest BCUT2D eigenvalue weighted by molar-refractivity contribution is 7.16. The van der Waals surface area contributed by atoms with Gasteiger partial charge >= 0.3 is 10.8 Å². The largest absolute Gasteiger partial charge is 0.483 e. The Morgan fingerprint density at radius 1 is 1.39 bits per heavy atom. The van der Waals surface area contributed by atoms with Crippen molar-refractivity contribution in [2.75, 3.05) is 0 Å². The van der Waals surface area contributed by atoms with Gasteiger partial charge in [0.1, 0.15) is 11.9 Å². The van der Waals surface area contributed by atoms with Crippen molar-refractivity contribution in [1.82, 2.24) is 9.55 Å². The van der Waals surface area contributed by atoms with Crippen LogP contribution in [-0.4, -0.2) is 20.6 Å². The van der Waals surface area contributed by atoms with E-state index in [1.807, 2.05) is 19.1 Å². The average Bonchev–Trinajstić information content (AvgIpc) is 2.94. The van der Waals surface area contributed by atoms with E-state index in [9.17, 15) is 9.59 Å². The number of benzene rings is 1. The molecule has 0 bridgehead atoms. The molecule has 0 aliphatic heterocycles. The zero-order chi connectivity index (χ0) is 20.3. The van der Waals surface area contributed by atoms with Gasteiger partial charge in [-0.3, -0.25) is 19.1 Å². The first-order chi connectivity index (χ1) is 13.4. The molecule has 0 saturated carbocycles. The minimum absolute atomic E-state index is 0.108. The zero-order valence-electron chi connectivity index (χ0n) is 15.6. The Morgan fingerprint density at radius 2 is 2.18 bits per heavy atom. The van der Waals surface area contributed by atoms with Crippen LogP contribution in [-0.2, 0) is 11.3 Å². The van der Waals surface area contributed by atoms with Crippen molar-refractivity contribution in [3.8, 4) is 5.75 Å². The van der Waals surface area contributed by atoms with Crippen LogP contribution in [0, 0.1) is 6.92 Å². The highest BCUT2D eigenvalue weighted by atomic mass is 35.5. The Kier molecular flexibility index (Phi) is 6.36. The van der Waals surface area contributed by atoms with E-state index in [2.05, 4.69) is 11.9 Å². The number of carboxylic acid groups (broad SMARTS) is 1. The van der Waals surface area contributed by atoms with Crippen molar-refractivity contribution in [3.63, 3.8) is 0 Å². The predicted octanol–water partition coefficient (Wildman–Crippen LogP) is 4.81. The molecular weight excluding hydrogens is 400 g/mol. The Balaban J connectivity index is 1.93. The second-order valence-corrected chi connectivity index (χ2v) is 7.97. The summed E-state index contributed by atoms with van der Waals surface area (Å²) in [5.41, 5.74) is 2.52. The Morgan fingerprint density at radius 3 is 2.82 bits per heavy atom. The number of carbonyl (C=O) groups is 1. The van der Waals surface area contributed by atoms with Crippen molar-refractivity contribution in [2.45, 2.75) is 45.8 Å². The van der Waals surface area contributed by atoms with Gasteiger partial charge in [0.05, 0.1) is 27.4 Å². The number of rotatable bonds is 8. The lowest BCUT2D eigenvalue weighted by atomic mass is 10.1. The molecule has 0 aliphatic rings. The summed E-state index contributed by atoms with van der Waals surface area (Å²) in [6.45, 7) is 4.16. The SMILES string of the molecule is CCC[C@H](Oc1cc2sc(=O)n(CCC(=O)O)c2cc1Cl)c1ccc(C)cn1. The molecule has 1 atom stereocenters. The minimum atomic E-state index is -0.953. The molecule has 3 aromatic rings. The topological polar surface area (TPSA) is 81.4 Å². The van der Waals surface area contributed by atoms with Gasteiger partial charge in [-0.05, 0) is 31.0 Å². The lowest BCUT2D eigenvalue weighted by Crippen LogP contribution is -2.15. The van der Waals surface area contributed by atoms with Gasteiger partial charge in [0, 0.05) is 18.8 Å². The van der Waals surface area contributed by atoms with Gasteiger partial charge in [-0.15, -0.1) is 0 Å². The third-order valence-electron chi connectivity index (χ3n) is 4.36.